The quantitative estimate of drug-likeness (QED) is 0.214. The smallest absolute Gasteiger partial charge is 0.266 e. The second-order valence-corrected chi connectivity index (χ2v) is 9.90. The van der Waals surface area contributed by atoms with Crippen LogP contribution in [-0.2, 0) is 11.4 Å². The minimum Gasteiger partial charge on any atom is -0.486 e. The SMILES string of the molecule is N#C/C(=C/c1cc(Br)c(OCc2ccc(Cl)cc2Cl)c(Br)c1)C(=O)Nc1cccc(Cl)c1Cl. The number of hydrogen-bond donors (Lipinski definition) is 1. The zero-order valence-corrected chi connectivity index (χ0v) is 22.6. The topological polar surface area (TPSA) is 62.1 Å². The molecule has 0 atom stereocenters. The number of rotatable bonds is 6. The number of nitriles is 1. The van der Waals surface area contributed by atoms with E-state index in [1.54, 1.807) is 48.5 Å². The molecule has 0 heterocycles. The Morgan fingerprint density at radius 2 is 1.73 bits per heavy atom. The molecule has 168 valence electrons. The molecule has 1 N–H and O–H groups in total. The molecule has 3 aromatic rings. The third-order valence-corrected chi connectivity index (χ3v) is 6.87. The van der Waals surface area contributed by atoms with Crippen molar-refractivity contribution in [3.63, 3.8) is 0 Å². The van der Waals surface area contributed by atoms with Crippen LogP contribution in [0, 0.1) is 11.3 Å². The highest BCUT2D eigenvalue weighted by molar-refractivity contribution is 9.11. The molecule has 0 aliphatic carbocycles. The Morgan fingerprint density at radius 1 is 1.03 bits per heavy atom. The number of hydrogen-bond acceptors (Lipinski definition) is 3. The molecule has 0 unspecified atom stereocenters. The van der Waals surface area contributed by atoms with E-state index < -0.39 is 5.91 Å². The molecule has 0 aliphatic rings. The summed E-state index contributed by atoms with van der Waals surface area (Å²) in [6, 6.07) is 15.3. The number of ether oxygens (including phenoxy) is 1. The minimum atomic E-state index is -0.619. The van der Waals surface area contributed by atoms with Gasteiger partial charge < -0.3 is 10.1 Å². The molecule has 0 aliphatic heterocycles. The summed E-state index contributed by atoms with van der Waals surface area (Å²) in [6.45, 7) is 0.217. The van der Waals surface area contributed by atoms with Gasteiger partial charge in [0, 0.05) is 15.6 Å². The van der Waals surface area contributed by atoms with Crippen molar-refractivity contribution in [3.05, 3.63) is 94.3 Å². The van der Waals surface area contributed by atoms with E-state index in [0.29, 0.717) is 41.0 Å². The molecule has 33 heavy (non-hydrogen) atoms. The molecule has 3 rings (SSSR count). The van der Waals surface area contributed by atoms with Gasteiger partial charge in [0.05, 0.1) is 24.7 Å². The zero-order valence-electron chi connectivity index (χ0n) is 16.4. The molecule has 0 bridgehead atoms. The number of amides is 1. The summed E-state index contributed by atoms with van der Waals surface area (Å²) in [5.74, 6) is -0.0848. The summed E-state index contributed by atoms with van der Waals surface area (Å²) in [5, 5.41) is 13.6. The maximum atomic E-state index is 12.6. The third kappa shape index (κ3) is 6.66. The van der Waals surface area contributed by atoms with Crippen molar-refractivity contribution in [3.8, 4) is 11.8 Å². The second-order valence-electron chi connectivity index (χ2n) is 6.56. The van der Waals surface area contributed by atoms with Crippen LogP contribution in [-0.4, -0.2) is 5.91 Å². The maximum Gasteiger partial charge on any atom is 0.266 e. The Balaban J connectivity index is 1.80. The summed E-state index contributed by atoms with van der Waals surface area (Å²) >= 11 is 31.1. The molecule has 0 aromatic heterocycles. The van der Waals surface area contributed by atoms with Crippen LogP contribution in [0.2, 0.25) is 20.1 Å². The monoisotopic (exact) mass is 646 g/mol. The first kappa shape index (κ1) is 25.9. The number of carbonyl (C=O) groups excluding carboxylic acids is 1. The van der Waals surface area contributed by atoms with Crippen molar-refractivity contribution in [2.75, 3.05) is 5.32 Å². The van der Waals surface area contributed by atoms with Crippen LogP contribution < -0.4 is 10.1 Å². The van der Waals surface area contributed by atoms with E-state index in [0.717, 1.165) is 5.56 Å². The van der Waals surface area contributed by atoms with Crippen LogP contribution in [0.15, 0.2) is 63.0 Å². The summed E-state index contributed by atoms with van der Waals surface area (Å²) < 4.78 is 7.13. The van der Waals surface area contributed by atoms with Gasteiger partial charge in [0.2, 0.25) is 0 Å². The first-order chi connectivity index (χ1) is 15.7. The first-order valence-electron chi connectivity index (χ1n) is 9.12. The van der Waals surface area contributed by atoms with E-state index >= 15 is 0 Å². The number of carbonyl (C=O) groups is 1. The lowest BCUT2D eigenvalue weighted by atomic mass is 10.1. The fourth-order valence-corrected chi connectivity index (χ4v) is 4.96. The Kier molecular flexibility index (Phi) is 9.11. The molecule has 0 saturated carbocycles. The Bertz CT molecular complexity index is 1280. The van der Waals surface area contributed by atoms with Gasteiger partial charge in [0.1, 0.15) is 24.0 Å². The van der Waals surface area contributed by atoms with Gasteiger partial charge in [-0.3, -0.25) is 4.79 Å². The predicted octanol–water partition coefficient (Wildman–Crippen LogP) is 8.95. The van der Waals surface area contributed by atoms with Crippen LogP contribution in [0.3, 0.4) is 0 Å². The lowest BCUT2D eigenvalue weighted by molar-refractivity contribution is -0.112. The van der Waals surface area contributed by atoms with Crippen LogP contribution in [0.25, 0.3) is 6.08 Å². The number of benzene rings is 3. The van der Waals surface area contributed by atoms with Crippen molar-refractivity contribution in [2.45, 2.75) is 6.61 Å². The van der Waals surface area contributed by atoms with Gasteiger partial charge in [-0.25, -0.2) is 0 Å². The molecular formula is C23H12Br2Cl4N2O2. The van der Waals surface area contributed by atoms with Gasteiger partial charge in [-0.05, 0) is 79.9 Å². The van der Waals surface area contributed by atoms with Crippen LogP contribution in [0.1, 0.15) is 11.1 Å². The minimum absolute atomic E-state index is 0.119. The normalized spacial score (nSPS) is 11.1. The van der Waals surface area contributed by atoms with Gasteiger partial charge in [-0.1, -0.05) is 58.5 Å². The summed E-state index contributed by atoms with van der Waals surface area (Å²) in [5.41, 5.74) is 1.55. The van der Waals surface area contributed by atoms with E-state index in [2.05, 4.69) is 37.2 Å². The van der Waals surface area contributed by atoms with Crippen molar-refractivity contribution >= 4 is 95.9 Å². The van der Waals surface area contributed by atoms with Gasteiger partial charge in [-0.2, -0.15) is 5.26 Å². The number of halogens is 6. The van der Waals surface area contributed by atoms with E-state index in [-0.39, 0.29) is 17.2 Å². The van der Waals surface area contributed by atoms with Gasteiger partial charge >= 0.3 is 0 Å². The molecule has 0 saturated heterocycles. The van der Waals surface area contributed by atoms with Crippen molar-refractivity contribution < 1.29 is 9.53 Å². The van der Waals surface area contributed by atoms with E-state index in [4.69, 9.17) is 51.1 Å². The largest absolute Gasteiger partial charge is 0.486 e. The van der Waals surface area contributed by atoms with Gasteiger partial charge in [0.25, 0.3) is 5.91 Å². The Labute approximate surface area is 227 Å². The fraction of sp³-hybridized carbons (Fsp3) is 0.0435. The van der Waals surface area contributed by atoms with Crippen LogP contribution in [0.4, 0.5) is 5.69 Å². The van der Waals surface area contributed by atoms with Crippen LogP contribution in [0.5, 0.6) is 5.75 Å². The molecule has 10 heteroatoms. The van der Waals surface area contributed by atoms with Gasteiger partial charge in [0.15, 0.2) is 0 Å². The number of anilines is 1. The Morgan fingerprint density at radius 3 is 2.36 bits per heavy atom. The number of nitrogens with one attached hydrogen (secondary N) is 1. The predicted molar refractivity (Wildman–Crippen MR) is 141 cm³/mol. The molecule has 0 radical (unpaired) electrons. The summed E-state index contributed by atoms with van der Waals surface area (Å²) in [6.07, 6.45) is 1.45. The highest BCUT2D eigenvalue weighted by Crippen LogP contribution is 2.37. The molecule has 3 aromatic carbocycles. The second kappa shape index (κ2) is 11.6. The third-order valence-electron chi connectivity index (χ3n) is 4.28. The van der Waals surface area contributed by atoms with Crippen molar-refractivity contribution in [1.82, 2.24) is 0 Å². The van der Waals surface area contributed by atoms with E-state index in [1.165, 1.54) is 6.08 Å². The van der Waals surface area contributed by atoms with E-state index in [9.17, 15) is 10.1 Å². The molecule has 0 spiro atoms. The first-order valence-corrected chi connectivity index (χ1v) is 12.2. The lowest BCUT2D eigenvalue weighted by Crippen LogP contribution is -2.13. The molecule has 4 nitrogen and oxygen atoms in total. The van der Waals surface area contributed by atoms with Crippen LogP contribution >= 0.6 is 78.3 Å². The zero-order chi connectivity index (χ0) is 24.1. The lowest BCUT2D eigenvalue weighted by Gasteiger charge is -2.13. The summed E-state index contributed by atoms with van der Waals surface area (Å²) in [7, 11) is 0. The van der Waals surface area contributed by atoms with E-state index in [1.807, 2.05) is 6.07 Å². The highest BCUT2D eigenvalue weighted by Gasteiger charge is 2.15. The maximum absolute atomic E-state index is 12.6. The van der Waals surface area contributed by atoms with Crippen molar-refractivity contribution in [2.24, 2.45) is 0 Å². The number of nitrogens with zero attached hydrogens (tertiary/aromatic N) is 1. The standard InChI is InChI=1S/C23H12Br2Cl4N2O2/c24-16-7-12(6-14(10-30)23(32)31-20-3-1-2-18(27)21(20)29)8-17(25)22(16)33-11-13-4-5-15(26)9-19(13)28/h1-9H,11H2,(H,31,32)/b14-6-. The molecular weight excluding hydrogens is 638 g/mol. The average molecular weight is 650 g/mol. The van der Waals surface area contributed by atoms with Crippen molar-refractivity contribution in [1.29, 1.82) is 5.26 Å². The molecule has 1 amide bonds. The molecule has 0 fully saturated rings. The van der Waals surface area contributed by atoms with Gasteiger partial charge in [-0.15, -0.1) is 0 Å². The summed E-state index contributed by atoms with van der Waals surface area (Å²) in [4.78, 5) is 12.6. The average Bonchev–Trinajstić information content (AvgIpc) is 2.75. The fourth-order valence-electron chi connectivity index (χ4n) is 2.69. The highest BCUT2D eigenvalue weighted by atomic mass is 79.9. The Hall–Kier alpha value is -1.72.